The van der Waals surface area contributed by atoms with E-state index < -0.39 is 0 Å². The highest BCUT2D eigenvalue weighted by Gasteiger charge is 1.84. The molecule has 0 aliphatic rings. The Labute approximate surface area is 57.5 Å². The van der Waals surface area contributed by atoms with Gasteiger partial charge in [-0.3, -0.25) is 0 Å². The summed E-state index contributed by atoms with van der Waals surface area (Å²) >= 11 is 6.80. The quantitative estimate of drug-likeness (QED) is 0.436. The van der Waals surface area contributed by atoms with Gasteiger partial charge in [0, 0.05) is 5.75 Å². The van der Waals surface area contributed by atoms with Crippen LogP contribution in [0.5, 0.6) is 0 Å². The van der Waals surface area contributed by atoms with Crippen molar-refractivity contribution in [3.8, 4) is 0 Å². The van der Waals surface area contributed by atoms with Gasteiger partial charge in [-0.1, -0.05) is 0 Å². The number of hydrogen-bond acceptors (Lipinski definition) is 3. The van der Waals surface area contributed by atoms with E-state index in [2.05, 4.69) is 4.74 Å². The van der Waals surface area contributed by atoms with E-state index in [0.29, 0.717) is 11.8 Å². The van der Waals surface area contributed by atoms with Gasteiger partial charge in [-0.25, -0.2) is 4.79 Å². The van der Waals surface area contributed by atoms with Gasteiger partial charge in [0.2, 0.25) is 0 Å². The van der Waals surface area contributed by atoms with Crippen molar-refractivity contribution in [3.05, 3.63) is 0 Å². The Morgan fingerprint density at radius 3 is 3.00 bits per heavy atom. The Morgan fingerprint density at radius 2 is 2.50 bits per heavy atom. The highest BCUT2D eigenvalue weighted by molar-refractivity contribution is 8.00. The Morgan fingerprint density at radius 1 is 1.75 bits per heavy atom. The second kappa shape index (κ2) is 7.11. The van der Waals surface area contributed by atoms with E-state index >= 15 is 0 Å². The van der Waals surface area contributed by atoms with Crippen LogP contribution < -0.4 is 0 Å². The Kier molecular flexibility index (Phi) is 7.21. The molecule has 1 radical (unpaired) electrons. The molecule has 0 aromatic rings. The summed E-state index contributed by atoms with van der Waals surface area (Å²) in [6, 6.07) is 0. The summed E-state index contributed by atoms with van der Waals surface area (Å²) in [6.45, 7) is 1.72. The first-order chi connectivity index (χ1) is 3.91. The number of carbonyl (C=O) groups excluding carboxylic acids is 1. The third-order valence-electron chi connectivity index (χ3n) is 0.466. The standard InChI is InChI=1S/C4H6ClO2S/c5-3-8-2-1-7-4-6/h1-3H2. The lowest BCUT2D eigenvalue weighted by Gasteiger charge is -1.92. The van der Waals surface area contributed by atoms with Gasteiger partial charge in [-0.2, -0.15) is 0 Å². The topological polar surface area (TPSA) is 26.3 Å². The molecule has 4 heteroatoms. The fourth-order valence-corrected chi connectivity index (χ4v) is 0.834. The van der Waals surface area contributed by atoms with Crippen molar-refractivity contribution in [2.75, 3.05) is 17.6 Å². The average Bonchev–Trinajstić information content (AvgIpc) is 1.81. The molecule has 0 aliphatic heterocycles. The van der Waals surface area contributed by atoms with Crippen molar-refractivity contribution in [2.24, 2.45) is 0 Å². The van der Waals surface area contributed by atoms with E-state index in [1.165, 1.54) is 18.2 Å². The second-order valence-electron chi connectivity index (χ2n) is 0.949. The van der Waals surface area contributed by atoms with Crippen molar-refractivity contribution >= 4 is 29.8 Å². The molecular formula is C4H6ClO2S. The Balaban J connectivity index is 2.62. The van der Waals surface area contributed by atoms with Gasteiger partial charge < -0.3 is 4.74 Å². The fourth-order valence-electron chi connectivity index (χ4n) is 0.197. The molecule has 47 valence electrons. The molecule has 0 unspecified atom stereocenters. The van der Waals surface area contributed by atoms with Gasteiger partial charge in [0.25, 0.3) is 0 Å². The molecule has 0 aromatic carbocycles. The highest BCUT2D eigenvalue weighted by Crippen LogP contribution is 2.00. The van der Waals surface area contributed by atoms with Crippen LogP contribution in [-0.4, -0.2) is 24.0 Å². The van der Waals surface area contributed by atoms with E-state index in [-0.39, 0.29) is 0 Å². The highest BCUT2D eigenvalue weighted by atomic mass is 35.5. The van der Waals surface area contributed by atoms with Crippen LogP contribution in [0.1, 0.15) is 0 Å². The summed E-state index contributed by atoms with van der Waals surface area (Å²) in [5.74, 6) is 0.749. The first kappa shape index (κ1) is 8.11. The Bertz CT molecular complexity index is 60.0. The van der Waals surface area contributed by atoms with E-state index in [9.17, 15) is 4.79 Å². The summed E-state index contributed by atoms with van der Waals surface area (Å²) in [4.78, 5) is 9.38. The van der Waals surface area contributed by atoms with E-state index in [1.807, 2.05) is 0 Å². The van der Waals surface area contributed by atoms with Crippen molar-refractivity contribution in [1.82, 2.24) is 0 Å². The number of rotatable bonds is 5. The molecule has 0 aromatic heterocycles. The maximum Gasteiger partial charge on any atom is 0.417 e. The molecule has 0 bridgehead atoms. The molecule has 2 nitrogen and oxygen atoms in total. The van der Waals surface area contributed by atoms with Crippen LogP contribution in [0.25, 0.3) is 0 Å². The molecule has 0 heterocycles. The number of hydrogen-bond donors (Lipinski definition) is 0. The molecular weight excluding hydrogens is 148 g/mol. The monoisotopic (exact) mass is 153 g/mol. The maximum absolute atomic E-state index is 9.38. The van der Waals surface area contributed by atoms with Crippen molar-refractivity contribution in [2.45, 2.75) is 0 Å². The first-order valence-corrected chi connectivity index (χ1v) is 3.73. The summed E-state index contributed by atoms with van der Waals surface area (Å²) < 4.78 is 4.25. The normalized spacial score (nSPS) is 8.62. The second-order valence-corrected chi connectivity index (χ2v) is 2.64. The smallest absolute Gasteiger partial charge is 0.417 e. The zero-order valence-electron chi connectivity index (χ0n) is 4.22. The third kappa shape index (κ3) is 6.11. The lowest BCUT2D eigenvalue weighted by atomic mass is 10.9. The van der Waals surface area contributed by atoms with Gasteiger partial charge in [0.15, 0.2) is 0 Å². The predicted octanol–water partition coefficient (Wildman–Crippen LogP) is 1.000. The van der Waals surface area contributed by atoms with Crippen molar-refractivity contribution in [3.63, 3.8) is 0 Å². The van der Waals surface area contributed by atoms with Gasteiger partial charge in [0.05, 0.1) is 5.21 Å². The molecule has 8 heavy (non-hydrogen) atoms. The van der Waals surface area contributed by atoms with Crippen LogP contribution in [0.3, 0.4) is 0 Å². The minimum Gasteiger partial charge on any atom is -0.456 e. The minimum absolute atomic E-state index is 0.404. The largest absolute Gasteiger partial charge is 0.456 e. The van der Waals surface area contributed by atoms with Gasteiger partial charge in [0.1, 0.15) is 6.61 Å². The van der Waals surface area contributed by atoms with Crippen LogP contribution in [-0.2, 0) is 9.53 Å². The van der Waals surface area contributed by atoms with Crippen molar-refractivity contribution in [1.29, 1.82) is 0 Å². The number of alkyl halides is 1. The number of ether oxygens (including phenoxy) is 1. The van der Waals surface area contributed by atoms with Gasteiger partial charge >= 0.3 is 6.47 Å². The summed E-state index contributed by atoms with van der Waals surface area (Å²) in [6.07, 6.45) is 0. The number of halogens is 1. The average molecular weight is 154 g/mol. The predicted molar refractivity (Wildman–Crippen MR) is 34.8 cm³/mol. The Hall–Kier alpha value is 0.110. The van der Waals surface area contributed by atoms with Gasteiger partial charge in [-0.05, 0) is 0 Å². The number of thioether (sulfide) groups is 1. The molecule has 0 saturated carbocycles. The summed E-state index contributed by atoms with van der Waals surface area (Å²) in [5, 5.41) is 0.544. The van der Waals surface area contributed by atoms with Crippen LogP contribution >= 0.6 is 23.4 Å². The molecule has 0 fully saturated rings. The van der Waals surface area contributed by atoms with Gasteiger partial charge in [-0.15, -0.1) is 23.4 Å². The minimum atomic E-state index is 0.404. The molecule has 0 N–H and O–H groups in total. The molecule has 0 atom stereocenters. The lowest BCUT2D eigenvalue weighted by Crippen LogP contribution is -1.93. The third-order valence-corrected chi connectivity index (χ3v) is 1.54. The van der Waals surface area contributed by atoms with Crippen LogP contribution in [0, 0.1) is 0 Å². The lowest BCUT2D eigenvalue weighted by molar-refractivity contribution is 0.299. The van der Waals surface area contributed by atoms with E-state index in [1.54, 1.807) is 0 Å². The molecule has 0 aliphatic carbocycles. The van der Waals surface area contributed by atoms with Crippen molar-refractivity contribution < 1.29 is 9.53 Å². The fraction of sp³-hybridized carbons (Fsp3) is 0.750. The summed E-state index contributed by atoms with van der Waals surface area (Å²) in [5.41, 5.74) is 0. The molecule has 0 saturated heterocycles. The maximum atomic E-state index is 9.38. The van der Waals surface area contributed by atoms with E-state index in [4.69, 9.17) is 11.6 Å². The zero-order valence-corrected chi connectivity index (χ0v) is 5.80. The van der Waals surface area contributed by atoms with Crippen LogP contribution in [0.4, 0.5) is 0 Å². The van der Waals surface area contributed by atoms with E-state index in [0.717, 1.165) is 5.75 Å². The molecule has 0 rings (SSSR count). The SMILES string of the molecule is O=[C]OCCSCCl. The summed E-state index contributed by atoms with van der Waals surface area (Å²) in [7, 11) is 0. The zero-order chi connectivity index (χ0) is 6.24. The molecule has 0 spiro atoms. The first-order valence-electron chi connectivity index (χ1n) is 2.04. The van der Waals surface area contributed by atoms with Crippen LogP contribution in [0.15, 0.2) is 0 Å². The molecule has 0 amide bonds. The van der Waals surface area contributed by atoms with Crippen LogP contribution in [0.2, 0.25) is 0 Å².